The lowest BCUT2D eigenvalue weighted by Crippen LogP contribution is -2.22. The minimum Gasteiger partial charge on any atom is -0.330 e. The fourth-order valence-electron chi connectivity index (χ4n) is 1.38. The Morgan fingerprint density at radius 3 is 2.65 bits per heavy atom. The number of hydrogen-bond acceptors (Lipinski definition) is 2. The van der Waals surface area contributed by atoms with Crippen molar-refractivity contribution < 1.29 is 4.79 Å². The number of rotatable bonds is 4. The highest BCUT2D eigenvalue weighted by molar-refractivity contribution is 6.36. The number of benzene rings is 1. The Hall–Kier alpha value is -0.770. The van der Waals surface area contributed by atoms with Crippen LogP contribution in [-0.4, -0.2) is 12.5 Å². The van der Waals surface area contributed by atoms with Crippen LogP contribution >= 0.6 is 23.2 Å². The van der Waals surface area contributed by atoms with E-state index in [2.05, 4.69) is 5.32 Å². The van der Waals surface area contributed by atoms with Gasteiger partial charge >= 0.3 is 0 Å². The summed E-state index contributed by atoms with van der Waals surface area (Å²) in [6, 6.07) is 3.39. The monoisotopic (exact) mass is 274 g/mol. The number of carbonyl (C=O) groups is 1. The maximum Gasteiger partial charge on any atom is 0.227 e. The number of amides is 1. The zero-order chi connectivity index (χ0) is 13.0. The van der Waals surface area contributed by atoms with Gasteiger partial charge in [-0.1, -0.05) is 30.1 Å². The van der Waals surface area contributed by atoms with Gasteiger partial charge < -0.3 is 11.1 Å². The SMILES string of the molecule is Cc1cc(Cl)c(NC(=O)C(C)CCN)cc1Cl. The molecule has 0 saturated carbocycles. The van der Waals surface area contributed by atoms with Gasteiger partial charge in [-0.3, -0.25) is 4.79 Å². The third-order valence-corrected chi connectivity index (χ3v) is 3.27. The number of halogens is 2. The molecule has 0 aliphatic carbocycles. The van der Waals surface area contributed by atoms with Gasteiger partial charge in [0, 0.05) is 10.9 Å². The average Bonchev–Trinajstić information content (AvgIpc) is 2.26. The van der Waals surface area contributed by atoms with Crippen LogP contribution in [0.4, 0.5) is 5.69 Å². The molecule has 3 N–H and O–H groups in total. The van der Waals surface area contributed by atoms with E-state index >= 15 is 0 Å². The highest BCUT2D eigenvalue weighted by atomic mass is 35.5. The van der Waals surface area contributed by atoms with Gasteiger partial charge in [-0.2, -0.15) is 0 Å². The molecule has 1 unspecified atom stereocenters. The molecule has 0 heterocycles. The van der Waals surface area contributed by atoms with Crippen molar-refractivity contribution in [3.05, 3.63) is 27.7 Å². The maximum absolute atomic E-state index is 11.8. The van der Waals surface area contributed by atoms with Gasteiger partial charge in [-0.15, -0.1) is 0 Å². The maximum atomic E-state index is 11.8. The number of aryl methyl sites for hydroxylation is 1. The molecule has 1 atom stereocenters. The lowest BCUT2D eigenvalue weighted by molar-refractivity contribution is -0.119. The summed E-state index contributed by atoms with van der Waals surface area (Å²) in [6.45, 7) is 4.17. The van der Waals surface area contributed by atoms with Gasteiger partial charge in [-0.05, 0) is 37.6 Å². The third-order valence-electron chi connectivity index (χ3n) is 2.55. The summed E-state index contributed by atoms with van der Waals surface area (Å²) in [6.07, 6.45) is 0.642. The second-order valence-electron chi connectivity index (χ2n) is 4.05. The number of nitrogens with one attached hydrogen (secondary N) is 1. The highest BCUT2D eigenvalue weighted by Gasteiger charge is 2.14. The molecule has 0 bridgehead atoms. The number of nitrogens with two attached hydrogens (primary N) is 1. The molecular formula is C12H16Cl2N2O. The molecule has 0 radical (unpaired) electrons. The van der Waals surface area contributed by atoms with Crippen molar-refractivity contribution in [1.82, 2.24) is 0 Å². The van der Waals surface area contributed by atoms with Crippen LogP contribution in [-0.2, 0) is 4.79 Å². The summed E-state index contributed by atoms with van der Waals surface area (Å²) in [5.41, 5.74) is 6.82. The van der Waals surface area contributed by atoms with Gasteiger partial charge in [-0.25, -0.2) is 0 Å². The smallest absolute Gasteiger partial charge is 0.227 e. The lowest BCUT2D eigenvalue weighted by atomic mass is 10.1. The molecule has 1 aromatic rings. The van der Waals surface area contributed by atoms with Crippen LogP contribution in [0.5, 0.6) is 0 Å². The molecule has 3 nitrogen and oxygen atoms in total. The predicted octanol–water partition coefficient (Wildman–Crippen LogP) is 3.23. The van der Waals surface area contributed by atoms with Crippen LogP contribution in [0, 0.1) is 12.8 Å². The predicted molar refractivity (Wildman–Crippen MR) is 72.7 cm³/mol. The van der Waals surface area contributed by atoms with Gasteiger partial charge in [0.05, 0.1) is 10.7 Å². The molecule has 94 valence electrons. The number of hydrogen-bond donors (Lipinski definition) is 2. The van der Waals surface area contributed by atoms with Crippen molar-refractivity contribution in [2.75, 3.05) is 11.9 Å². The zero-order valence-electron chi connectivity index (χ0n) is 9.89. The molecule has 1 aromatic carbocycles. The minimum atomic E-state index is -0.142. The quantitative estimate of drug-likeness (QED) is 0.886. The average molecular weight is 275 g/mol. The van der Waals surface area contributed by atoms with E-state index in [0.29, 0.717) is 28.7 Å². The summed E-state index contributed by atoms with van der Waals surface area (Å²) >= 11 is 12.0. The summed E-state index contributed by atoms with van der Waals surface area (Å²) in [4.78, 5) is 11.8. The van der Waals surface area contributed by atoms with E-state index in [1.807, 2.05) is 13.8 Å². The first-order valence-corrected chi connectivity index (χ1v) is 6.18. The van der Waals surface area contributed by atoms with Crippen molar-refractivity contribution in [3.8, 4) is 0 Å². The summed E-state index contributed by atoms with van der Waals surface area (Å²) in [5.74, 6) is -0.242. The topological polar surface area (TPSA) is 55.1 Å². The summed E-state index contributed by atoms with van der Waals surface area (Å²) in [5, 5.41) is 3.82. The van der Waals surface area contributed by atoms with Crippen LogP contribution in [0.2, 0.25) is 10.0 Å². The Kier molecular flexibility index (Phi) is 5.25. The van der Waals surface area contributed by atoms with Crippen LogP contribution in [0.1, 0.15) is 18.9 Å². The van der Waals surface area contributed by atoms with Crippen molar-refractivity contribution in [1.29, 1.82) is 0 Å². The van der Waals surface area contributed by atoms with Crippen molar-refractivity contribution in [2.45, 2.75) is 20.3 Å². The Balaban J connectivity index is 2.81. The van der Waals surface area contributed by atoms with Gasteiger partial charge in [0.1, 0.15) is 0 Å². The summed E-state index contributed by atoms with van der Waals surface area (Å²) < 4.78 is 0. The Labute approximate surface area is 111 Å². The molecule has 0 aliphatic rings. The van der Waals surface area contributed by atoms with E-state index in [4.69, 9.17) is 28.9 Å². The lowest BCUT2D eigenvalue weighted by Gasteiger charge is -2.13. The fraction of sp³-hybridized carbons (Fsp3) is 0.417. The van der Waals surface area contributed by atoms with E-state index in [1.165, 1.54) is 0 Å². The standard InChI is InChI=1S/C12H16Cl2N2O/c1-7(3-4-15)12(17)16-11-6-9(13)8(2)5-10(11)14/h5-7H,3-4,15H2,1-2H3,(H,16,17). The molecule has 0 aliphatic heterocycles. The number of anilines is 1. The van der Waals surface area contributed by atoms with Crippen LogP contribution in [0.3, 0.4) is 0 Å². The normalized spacial score (nSPS) is 12.3. The van der Waals surface area contributed by atoms with Crippen LogP contribution in [0.15, 0.2) is 12.1 Å². The second kappa shape index (κ2) is 6.24. The van der Waals surface area contributed by atoms with E-state index in [1.54, 1.807) is 12.1 Å². The first-order valence-electron chi connectivity index (χ1n) is 5.42. The number of carbonyl (C=O) groups excluding carboxylic acids is 1. The van der Waals surface area contributed by atoms with E-state index in [9.17, 15) is 4.79 Å². The fourth-order valence-corrected chi connectivity index (χ4v) is 1.81. The molecule has 1 rings (SSSR count). The molecule has 17 heavy (non-hydrogen) atoms. The Morgan fingerprint density at radius 2 is 2.06 bits per heavy atom. The third kappa shape index (κ3) is 3.87. The first kappa shape index (κ1) is 14.3. The van der Waals surface area contributed by atoms with E-state index in [-0.39, 0.29) is 11.8 Å². The van der Waals surface area contributed by atoms with Gasteiger partial charge in [0.25, 0.3) is 0 Å². The minimum absolute atomic E-state index is 0.0998. The first-order chi connectivity index (χ1) is 7.95. The molecule has 1 amide bonds. The second-order valence-corrected chi connectivity index (χ2v) is 4.86. The Morgan fingerprint density at radius 1 is 1.41 bits per heavy atom. The highest BCUT2D eigenvalue weighted by Crippen LogP contribution is 2.29. The Bertz CT molecular complexity index is 421. The van der Waals surface area contributed by atoms with E-state index in [0.717, 1.165) is 5.56 Å². The van der Waals surface area contributed by atoms with E-state index < -0.39 is 0 Å². The van der Waals surface area contributed by atoms with Crippen LogP contribution < -0.4 is 11.1 Å². The molecule has 5 heteroatoms. The van der Waals surface area contributed by atoms with Gasteiger partial charge in [0.2, 0.25) is 5.91 Å². The molecule has 0 aromatic heterocycles. The van der Waals surface area contributed by atoms with Crippen molar-refractivity contribution in [2.24, 2.45) is 11.7 Å². The zero-order valence-corrected chi connectivity index (χ0v) is 11.4. The molecular weight excluding hydrogens is 259 g/mol. The van der Waals surface area contributed by atoms with Crippen molar-refractivity contribution >= 4 is 34.8 Å². The molecule has 0 saturated heterocycles. The molecule has 0 spiro atoms. The van der Waals surface area contributed by atoms with Gasteiger partial charge in [0.15, 0.2) is 0 Å². The largest absolute Gasteiger partial charge is 0.330 e. The van der Waals surface area contributed by atoms with Crippen LogP contribution in [0.25, 0.3) is 0 Å². The summed E-state index contributed by atoms with van der Waals surface area (Å²) in [7, 11) is 0. The van der Waals surface area contributed by atoms with Crippen molar-refractivity contribution in [3.63, 3.8) is 0 Å². The molecule has 0 fully saturated rings.